The predicted molar refractivity (Wildman–Crippen MR) is 113 cm³/mol. The number of rotatable bonds is 6. The van der Waals surface area contributed by atoms with E-state index in [4.69, 9.17) is 27.9 Å². The molecule has 29 heavy (non-hydrogen) atoms. The van der Waals surface area contributed by atoms with Gasteiger partial charge in [0.25, 0.3) is 0 Å². The third-order valence-electron chi connectivity index (χ3n) is 4.81. The number of amides is 2. The van der Waals surface area contributed by atoms with Crippen LogP contribution in [0.5, 0.6) is 0 Å². The lowest BCUT2D eigenvalue weighted by atomic mass is 10.1. The van der Waals surface area contributed by atoms with Crippen molar-refractivity contribution in [1.82, 2.24) is 15.5 Å². The van der Waals surface area contributed by atoms with Crippen LogP contribution in [0.2, 0.25) is 10.0 Å². The van der Waals surface area contributed by atoms with Crippen molar-refractivity contribution in [3.8, 4) is 0 Å². The second-order valence-corrected chi connectivity index (χ2v) is 7.86. The standard InChI is InChI=1S/C21H24Cl2FN3O2/c1-14(17-10-20(24)19(23)11-18(17)22)26-21(28)25-12-15-3-2-4-16(9-15)13-27-5-7-29-8-6-27/h2-4,9-11,14H,5-8,12-13H2,1H3,(H2,25,26,28). The second kappa shape index (κ2) is 10.3. The maximum absolute atomic E-state index is 13.7. The SMILES string of the molecule is CC(NC(=O)NCc1cccc(CN2CCOCC2)c1)c1cc(F)c(Cl)cc1Cl. The number of nitrogens with one attached hydrogen (secondary N) is 2. The Morgan fingerprint density at radius 1 is 1.17 bits per heavy atom. The van der Waals surface area contributed by atoms with Gasteiger partial charge in [-0.25, -0.2) is 9.18 Å². The largest absolute Gasteiger partial charge is 0.379 e. The summed E-state index contributed by atoms with van der Waals surface area (Å²) in [4.78, 5) is 14.6. The van der Waals surface area contributed by atoms with E-state index in [2.05, 4.69) is 27.7 Å². The average molecular weight is 440 g/mol. The molecule has 1 atom stereocenters. The summed E-state index contributed by atoms with van der Waals surface area (Å²) in [5.41, 5.74) is 2.67. The minimum absolute atomic E-state index is 0.0487. The second-order valence-electron chi connectivity index (χ2n) is 7.05. The zero-order chi connectivity index (χ0) is 20.8. The van der Waals surface area contributed by atoms with E-state index in [1.54, 1.807) is 6.92 Å². The van der Waals surface area contributed by atoms with Gasteiger partial charge in [0.15, 0.2) is 0 Å². The fourth-order valence-electron chi connectivity index (χ4n) is 3.23. The number of hydrogen-bond acceptors (Lipinski definition) is 3. The van der Waals surface area contributed by atoms with E-state index in [-0.39, 0.29) is 11.1 Å². The van der Waals surface area contributed by atoms with Crippen molar-refractivity contribution in [1.29, 1.82) is 0 Å². The molecule has 1 fully saturated rings. The highest BCUT2D eigenvalue weighted by molar-refractivity contribution is 6.35. The van der Waals surface area contributed by atoms with Crippen molar-refractivity contribution in [3.05, 3.63) is 69.0 Å². The van der Waals surface area contributed by atoms with Gasteiger partial charge < -0.3 is 15.4 Å². The van der Waals surface area contributed by atoms with Crippen molar-refractivity contribution in [2.75, 3.05) is 26.3 Å². The lowest BCUT2D eigenvalue weighted by Gasteiger charge is -2.26. The zero-order valence-electron chi connectivity index (χ0n) is 16.2. The molecule has 0 saturated carbocycles. The van der Waals surface area contributed by atoms with Crippen molar-refractivity contribution < 1.29 is 13.9 Å². The van der Waals surface area contributed by atoms with Gasteiger partial charge in [0.1, 0.15) is 5.82 Å². The third kappa shape index (κ3) is 6.31. The Bertz CT molecular complexity index is 860. The highest BCUT2D eigenvalue weighted by atomic mass is 35.5. The highest BCUT2D eigenvalue weighted by Crippen LogP contribution is 2.28. The molecule has 0 aliphatic carbocycles. The number of carbonyl (C=O) groups is 1. The van der Waals surface area contributed by atoms with Gasteiger partial charge >= 0.3 is 6.03 Å². The van der Waals surface area contributed by atoms with Crippen LogP contribution in [-0.2, 0) is 17.8 Å². The van der Waals surface area contributed by atoms with Crippen LogP contribution < -0.4 is 10.6 Å². The van der Waals surface area contributed by atoms with Gasteiger partial charge in [-0.05, 0) is 35.7 Å². The molecule has 2 N–H and O–H groups in total. The van der Waals surface area contributed by atoms with Crippen LogP contribution in [0.3, 0.4) is 0 Å². The van der Waals surface area contributed by atoms with Crippen LogP contribution in [0.1, 0.15) is 29.7 Å². The fourth-order valence-corrected chi connectivity index (χ4v) is 3.78. The molecule has 0 aromatic heterocycles. The molecule has 8 heteroatoms. The van der Waals surface area contributed by atoms with Crippen LogP contribution in [0.25, 0.3) is 0 Å². The van der Waals surface area contributed by atoms with Crippen LogP contribution in [0.15, 0.2) is 36.4 Å². The number of carbonyl (C=O) groups excluding carboxylic acids is 1. The first-order chi connectivity index (χ1) is 13.9. The van der Waals surface area contributed by atoms with Gasteiger partial charge in [-0.3, -0.25) is 4.90 Å². The number of benzene rings is 2. The lowest BCUT2D eigenvalue weighted by Crippen LogP contribution is -2.37. The first-order valence-electron chi connectivity index (χ1n) is 9.49. The Morgan fingerprint density at radius 2 is 1.90 bits per heavy atom. The first kappa shape index (κ1) is 21.8. The van der Waals surface area contributed by atoms with Crippen LogP contribution in [0.4, 0.5) is 9.18 Å². The van der Waals surface area contributed by atoms with Gasteiger partial charge in [-0.1, -0.05) is 47.5 Å². The third-order valence-corrected chi connectivity index (χ3v) is 5.43. The summed E-state index contributed by atoms with van der Waals surface area (Å²) in [6, 6.07) is 9.88. The maximum Gasteiger partial charge on any atom is 0.315 e. The summed E-state index contributed by atoms with van der Waals surface area (Å²) in [5.74, 6) is -0.572. The molecule has 2 amide bonds. The Labute approximate surface area is 180 Å². The Kier molecular flexibility index (Phi) is 7.72. The van der Waals surface area contributed by atoms with Gasteiger partial charge in [0, 0.05) is 31.2 Å². The van der Waals surface area contributed by atoms with Gasteiger partial charge in [-0.2, -0.15) is 0 Å². The molecule has 1 heterocycles. The summed E-state index contributed by atoms with van der Waals surface area (Å²) >= 11 is 11.8. The number of halogens is 3. The minimum atomic E-state index is -0.572. The normalized spacial score (nSPS) is 15.7. The molecule has 2 aromatic rings. The van der Waals surface area contributed by atoms with Crippen molar-refractivity contribution >= 4 is 29.2 Å². The summed E-state index contributed by atoms with van der Waals surface area (Å²) in [7, 11) is 0. The highest BCUT2D eigenvalue weighted by Gasteiger charge is 2.16. The molecule has 156 valence electrons. The number of morpholine rings is 1. The molecule has 3 rings (SSSR count). The van der Waals surface area contributed by atoms with E-state index in [0.717, 1.165) is 38.4 Å². The van der Waals surface area contributed by atoms with Gasteiger partial charge in [0.2, 0.25) is 0 Å². The molecular formula is C21H24Cl2FN3O2. The molecule has 1 saturated heterocycles. The monoisotopic (exact) mass is 439 g/mol. The molecule has 0 radical (unpaired) electrons. The van der Waals surface area contributed by atoms with Crippen LogP contribution in [0, 0.1) is 5.82 Å². The van der Waals surface area contributed by atoms with E-state index < -0.39 is 11.9 Å². The van der Waals surface area contributed by atoms with Crippen LogP contribution in [-0.4, -0.2) is 37.2 Å². The fraction of sp³-hybridized carbons (Fsp3) is 0.381. The molecular weight excluding hydrogens is 416 g/mol. The minimum Gasteiger partial charge on any atom is -0.379 e. The van der Waals surface area contributed by atoms with Gasteiger partial charge in [0.05, 0.1) is 24.3 Å². The van der Waals surface area contributed by atoms with E-state index in [1.807, 2.05) is 12.1 Å². The molecule has 1 aliphatic heterocycles. The molecule has 2 aromatic carbocycles. The van der Waals surface area contributed by atoms with E-state index in [1.165, 1.54) is 17.7 Å². The van der Waals surface area contributed by atoms with E-state index in [9.17, 15) is 9.18 Å². The summed E-state index contributed by atoms with van der Waals surface area (Å²) in [6.45, 7) is 6.37. The molecule has 5 nitrogen and oxygen atoms in total. The van der Waals surface area contributed by atoms with Crippen molar-refractivity contribution in [2.45, 2.75) is 26.1 Å². The molecule has 0 bridgehead atoms. The maximum atomic E-state index is 13.7. The van der Waals surface area contributed by atoms with Crippen molar-refractivity contribution in [3.63, 3.8) is 0 Å². The number of ether oxygens (including phenoxy) is 1. The summed E-state index contributed by atoms with van der Waals surface area (Å²) in [6.07, 6.45) is 0. The molecule has 1 unspecified atom stereocenters. The predicted octanol–water partition coefficient (Wildman–Crippen LogP) is 4.53. The number of hydrogen-bond donors (Lipinski definition) is 2. The summed E-state index contributed by atoms with van der Waals surface area (Å²) in [5, 5.41) is 5.85. The smallest absolute Gasteiger partial charge is 0.315 e. The Hall–Kier alpha value is -1.86. The van der Waals surface area contributed by atoms with Crippen molar-refractivity contribution in [2.24, 2.45) is 0 Å². The quantitative estimate of drug-likeness (QED) is 0.650. The van der Waals surface area contributed by atoms with E-state index >= 15 is 0 Å². The number of nitrogens with zero attached hydrogens (tertiary/aromatic N) is 1. The first-order valence-corrected chi connectivity index (χ1v) is 10.2. The van der Waals surface area contributed by atoms with Gasteiger partial charge in [-0.15, -0.1) is 0 Å². The lowest BCUT2D eigenvalue weighted by molar-refractivity contribution is 0.0342. The summed E-state index contributed by atoms with van der Waals surface area (Å²) < 4.78 is 19.1. The average Bonchev–Trinajstić information content (AvgIpc) is 2.70. The van der Waals surface area contributed by atoms with E-state index in [0.29, 0.717) is 17.1 Å². The zero-order valence-corrected chi connectivity index (χ0v) is 17.7. The molecule has 1 aliphatic rings. The molecule has 0 spiro atoms. The Morgan fingerprint density at radius 3 is 2.66 bits per heavy atom. The van der Waals surface area contributed by atoms with Crippen LogP contribution >= 0.6 is 23.2 Å². The topological polar surface area (TPSA) is 53.6 Å². The number of urea groups is 1. The Balaban J connectivity index is 1.52.